The van der Waals surface area contributed by atoms with Gasteiger partial charge >= 0.3 is 0 Å². The highest BCUT2D eigenvalue weighted by Crippen LogP contribution is 2.37. The third-order valence-corrected chi connectivity index (χ3v) is 4.99. The molecule has 0 aliphatic rings. The van der Waals surface area contributed by atoms with E-state index in [4.69, 9.17) is 19.8 Å². The van der Waals surface area contributed by atoms with Crippen LogP contribution in [0.15, 0.2) is 12.1 Å². The van der Waals surface area contributed by atoms with Gasteiger partial charge < -0.3 is 30.5 Å². The van der Waals surface area contributed by atoms with Crippen LogP contribution < -0.4 is 20.5 Å². The van der Waals surface area contributed by atoms with Crippen molar-refractivity contribution in [2.45, 2.75) is 19.1 Å². The van der Waals surface area contributed by atoms with Gasteiger partial charge in [-0.3, -0.25) is 19.5 Å². The first-order valence-corrected chi connectivity index (χ1v) is 10.8. The average molecular weight is 464 g/mol. The maximum absolute atomic E-state index is 11.7. The fraction of sp³-hybridized carbons (Fsp3) is 0.588. The molecule has 0 bridgehead atoms. The van der Waals surface area contributed by atoms with Crippen molar-refractivity contribution < 1.29 is 37.3 Å². The third-order valence-electron chi connectivity index (χ3n) is 4.21. The number of ether oxygens (including phenoxy) is 2. The number of nitrogens with zero attached hydrogens (tertiary/aromatic N) is 2. The van der Waals surface area contributed by atoms with Gasteiger partial charge in [-0.05, 0) is 20.0 Å². The molecule has 1 aromatic carbocycles. The molecular weight excluding hydrogens is 436 g/mol. The highest BCUT2D eigenvalue weighted by atomic mass is 32.2. The van der Waals surface area contributed by atoms with E-state index in [0.29, 0.717) is 13.1 Å². The molecule has 0 fully saturated rings. The minimum atomic E-state index is -4.35. The van der Waals surface area contributed by atoms with Gasteiger partial charge in [-0.25, -0.2) is 0 Å². The molecule has 0 aliphatic heterocycles. The van der Waals surface area contributed by atoms with Gasteiger partial charge in [0.25, 0.3) is 15.8 Å². The molecule has 0 aliphatic carbocycles. The van der Waals surface area contributed by atoms with Gasteiger partial charge in [0, 0.05) is 19.6 Å². The Morgan fingerprint density at radius 2 is 2.00 bits per heavy atom. The molecule has 0 saturated carbocycles. The van der Waals surface area contributed by atoms with Gasteiger partial charge in [-0.1, -0.05) is 0 Å². The lowest BCUT2D eigenvalue weighted by Crippen LogP contribution is -2.46. The second kappa shape index (κ2) is 11.8. The zero-order valence-electron chi connectivity index (χ0n) is 17.5. The van der Waals surface area contributed by atoms with Crippen LogP contribution >= 0.6 is 0 Å². The van der Waals surface area contributed by atoms with E-state index in [-0.39, 0.29) is 35.9 Å². The van der Waals surface area contributed by atoms with Crippen molar-refractivity contribution in [3.05, 3.63) is 27.8 Å². The monoisotopic (exact) mass is 464 g/mol. The van der Waals surface area contributed by atoms with Crippen LogP contribution in [0.4, 0.5) is 5.69 Å². The molecule has 2 atom stereocenters. The van der Waals surface area contributed by atoms with Crippen LogP contribution in [-0.2, 0) is 14.9 Å². The Balaban J connectivity index is 2.57. The normalized spacial score (nSPS) is 13.5. The number of nitrogens with one attached hydrogen (secondary N) is 1. The summed E-state index contributed by atoms with van der Waals surface area (Å²) < 4.78 is 40.9. The van der Waals surface area contributed by atoms with Gasteiger partial charge in [-0.15, -0.1) is 0 Å². The number of benzene rings is 1. The molecule has 31 heavy (non-hydrogen) atoms. The molecule has 0 saturated heterocycles. The summed E-state index contributed by atoms with van der Waals surface area (Å²) >= 11 is 0. The summed E-state index contributed by atoms with van der Waals surface area (Å²) in [6, 6.07) is 1.17. The maximum atomic E-state index is 11.7. The second-order valence-corrected chi connectivity index (χ2v) is 8.29. The fourth-order valence-electron chi connectivity index (χ4n) is 2.56. The van der Waals surface area contributed by atoms with E-state index in [1.807, 2.05) is 0 Å². The van der Waals surface area contributed by atoms with Crippen LogP contribution in [0.2, 0.25) is 0 Å². The molecule has 1 rings (SSSR count). The summed E-state index contributed by atoms with van der Waals surface area (Å²) in [6.07, 6.45) is -1.06. The molecule has 1 amide bonds. The van der Waals surface area contributed by atoms with Crippen LogP contribution in [-0.4, -0.2) is 86.0 Å². The molecule has 0 aromatic heterocycles. The van der Waals surface area contributed by atoms with Gasteiger partial charge in [0.15, 0.2) is 11.5 Å². The van der Waals surface area contributed by atoms with E-state index >= 15 is 0 Å². The summed E-state index contributed by atoms with van der Waals surface area (Å²) in [4.78, 5) is 24.1. The highest BCUT2D eigenvalue weighted by Gasteiger charge is 2.23. The number of aliphatic hydroxyl groups excluding tert-OH is 1. The summed E-state index contributed by atoms with van der Waals surface area (Å²) in [5.41, 5.74) is 5.21. The number of hydrogen-bond acceptors (Lipinski definition) is 10. The number of carbonyl (C=O) groups excluding carboxylic acids is 1. The standard InChI is InChI=1S/C17H28N4O9S/c1-11(22)12-8-15(29-3)16(9-14(12)21(24)25)30-7-6-20(2)5-4-19-17(23)13(18)10-31(26,27)28/h8-9,11,13,22H,4-7,10,18H2,1-3H3,(H,19,23)(H,26,27,28). The molecule has 0 heterocycles. The van der Waals surface area contributed by atoms with Crippen molar-refractivity contribution in [3.8, 4) is 11.5 Å². The highest BCUT2D eigenvalue weighted by molar-refractivity contribution is 7.85. The van der Waals surface area contributed by atoms with E-state index in [0.717, 1.165) is 0 Å². The van der Waals surface area contributed by atoms with E-state index in [2.05, 4.69) is 5.32 Å². The van der Waals surface area contributed by atoms with Gasteiger partial charge in [-0.2, -0.15) is 8.42 Å². The molecule has 2 unspecified atom stereocenters. The second-order valence-electron chi connectivity index (χ2n) is 6.79. The number of likely N-dealkylation sites (N-methyl/N-ethyl adjacent to an activating group) is 1. The SMILES string of the molecule is COc1cc(C(C)O)c([N+](=O)[O-])cc1OCCN(C)CCNC(=O)C(N)CS(=O)(=O)O. The molecular formula is C17H28N4O9S. The van der Waals surface area contributed by atoms with Crippen LogP contribution in [0.3, 0.4) is 0 Å². The van der Waals surface area contributed by atoms with Crippen molar-refractivity contribution in [1.82, 2.24) is 10.2 Å². The Morgan fingerprint density at radius 1 is 1.35 bits per heavy atom. The quantitative estimate of drug-likeness (QED) is 0.164. The number of nitrogens with two attached hydrogens (primary N) is 1. The predicted octanol–water partition coefficient (Wildman–Crippen LogP) is -0.701. The van der Waals surface area contributed by atoms with Crippen molar-refractivity contribution in [2.24, 2.45) is 5.73 Å². The first-order chi connectivity index (χ1) is 14.4. The minimum Gasteiger partial charge on any atom is -0.493 e. The van der Waals surface area contributed by atoms with E-state index in [1.165, 1.54) is 26.2 Å². The smallest absolute Gasteiger partial charge is 0.279 e. The summed E-state index contributed by atoms with van der Waals surface area (Å²) in [5, 5.41) is 23.5. The van der Waals surface area contributed by atoms with Gasteiger partial charge in [0.1, 0.15) is 12.6 Å². The van der Waals surface area contributed by atoms with Gasteiger partial charge in [0.2, 0.25) is 5.91 Å². The lowest BCUT2D eigenvalue weighted by molar-refractivity contribution is -0.386. The fourth-order valence-corrected chi connectivity index (χ4v) is 3.16. The Hall–Kier alpha value is -2.52. The third kappa shape index (κ3) is 9.02. The lowest BCUT2D eigenvalue weighted by atomic mass is 10.1. The number of rotatable bonds is 13. The van der Waals surface area contributed by atoms with E-state index in [9.17, 15) is 28.4 Å². The predicted molar refractivity (Wildman–Crippen MR) is 111 cm³/mol. The largest absolute Gasteiger partial charge is 0.493 e. The number of carbonyl (C=O) groups is 1. The van der Waals surface area contributed by atoms with E-state index in [1.54, 1.807) is 11.9 Å². The Kier molecular flexibility index (Phi) is 10.1. The lowest BCUT2D eigenvalue weighted by Gasteiger charge is -2.19. The first-order valence-electron chi connectivity index (χ1n) is 9.20. The van der Waals surface area contributed by atoms with Crippen molar-refractivity contribution in [3.63, 3.8) is 0 Å². The number of methoxy groups -OCH3 is 1. The number of nitro groups is 1. The van der Waals surface area contributed by atoms with Crippen LogP contribution in [0.1, 0.15) is 18.6 Å². The van der Waals surface area contributed by atoms with Gasteiger partial charge in [0.05, 0.1) is 35.5 Å². The summed E-state index contributed by atoms with van der Waals surface area (Å²) in [7, 11) is -1.23. The van der Waals surface area contributed by atoms with Crippen molar-refractivity contribution in [2.75, 3.05) is 46.2 Å². The van der Waals surface area contributed by atoms with E-state index < -0.39 is 38.8 Å². The Labute approximate surface area is 180 Å². The summed E-state index contributed by atoms with van der Waals surface area (Å²) in [5.74, 6) is -1.19. The number of hydrogen-bond donors (Lipinski definition) is 4. The topological polar surface area (TPSA) is 195 Å². The zero-order chi connectivity index (χ0) is 23.8. The molecule has 176 valence electrons. The van der Waals surface area contributed by atoms with Crippen molar-refractivity contribution >= 4 is 21.7 Å². The molecule has 5 N–H and O–H groups in total. The van der Waals surface area contributed by atoms with Crippen molar-refractivity contribution in [1.29, 1.82) is 0 Å². The van der Waals surface area contributed by atoms with Crippen LogP contribution in [0.5, 0.6) is 11.5 Å². The Bertz CT molecular complexity index is 877. The number of nitro benzene ring substituents is 1. The van der Waals surface area contributed by atoms with Crippen LogP contribution in [0.25, 0.3) is 0 Å². The average Bonchev–Trinajstić information content (AvgIpc) is 2.65. The molecule has 13 nitrogen and oxygen atoms in total. The molecule has 14 heteroatoms. The summed E-state index contributed by atoms with van der Waals surface area (Å²) in [6.45, 7) is 2.50. The van der Waals surface area contributed by atoms with Crippen LogP contribution in [0, 0.1) is 10.1 Å². The number of aliphatic hydroxyl groups is 1. The minimum absolute atomic E-state index is 0.106. The number of amides is 1. The first kappa shape index (κ1) is 26.5. The Morgan fingerprint density at radius 3 is 2.52 bits per heavy atom. The maximum Gasteiger partial charge on any atom is 0.279 e. The molecule has 0 spiro atoms. The molecule has 0 radical (unpaired) electrons. The zero-order valence-corrected chi connectivity index (χ0v) is 18.3. The molecule has 1 aromatic rings.